The van der Waals surface area contributed by atoms with Crippen molar-refractivity contribution < 1.29 is 27.6 Å². The van der Waals surface area contributed by atoms with Crippen molar-refractivity contribution in [1.29, 1.82) is 0 Å². The first-order valence-corrected chi connectivity index (χ1v) is 10.5. The molecule has 1 unspecified atom stereocenters. The molecule has 156 valence electrons. The Morgan fingerprint density at radius 3 is 1.76 bits per heavy atom. The van der Waals surface area contributed by atoms with Gasteiger partial charge in [-0.05, 0) is 55.5 Å². The van der Waals surface area contributed by atoms with Gasteiger partial charge in [0.1, 0.15) is 5.75 Å². The number of benzene rings is 2. The second-order valence-electron chi connectivity index (χ2n) is 6.35. The standard InChI is InChI=1S/C19H24N4O5S/c1-3-23(12-18(24)21-14-4-8-16(28-2)9-5-14)13-19(25)22-15-6-10-17(11-7-15)29(20,26)27/h4-11H,3,12-13H2,1-2H3,(H,21,24)(H,22,25)(H2,20,26,27)/p+1. The lowest BCUT2D eigenvalue weighted by molar-refractivity contribution is -0.881. The van der Waals surface area contributed by atoms with Crippen molar-refractivity contribution in [2.75, 3.05) is 37.4 Å². The first-order chi connectivity index (χ1) is 13.7. The maximum atomic E-state index is 12.3. The van der Waals surface area contributed by atoms with Crippen molar-refractivity contribution in [1.82, 2.24) is 0 Å². The third kappa shape index (κ3) is 7.18. The van der Waals surface area contributed by atoms with Crippen LogP contribution in [-0.4, -0.2) is 47.0 Å². The number of quaternary nitrogens is 1. The fraction of sp³-hybridized carbons (Fsp3) is 0.263. The molecule has 5 N–H and O–H groups in total. The number of hydrogen-bond donors (Lipinski definition) is 4. The number of nitrogens with two attached hydrogens (primary N) is 1. The Morgan fingerprint density at radius 1 is 0.931 bits per heavy atom. The van der Waals surface area contributed by atoms with Crippen molar-refractivity contribution in [3.8, 4) is 5.75 Å². The van der Waals surface area contributed by atoms with Gasteiger partial charge in [0.2, 0.25) is 10.0 Å². The highest BCUT2D eigenvalue weighted by molar-refractivity contribution is 7.89. The van der Waals surface area contributed by atoms with Gasteiger partial charge in [0.15, 0.2) is 13.1 Å². The molecule has 2 amide bonds. The van der Waals surface area contributed by atoms with Crippen LogP contribution in [0.1, 0.15) is 6.92 Å². The SMILES string of the molecule is CC[NH+](CC(=O)Nc1ccc(OC)cc1)CC(=O)Nc1ccc(S(N)(=O)=O)cc1. The minimum Gasteiger partial charge on any atom is -0.497 e. The largest absolute Gasteiger partial charge is 0.497 e. The van der Waals surface area contributed by atoms with Crippen LogP contribution in [0.15, 0.2) is 53.4 Å². The van der Waals surface area contributed by atoms with Gasteiger partial charge in [0, 0.05) is 11.4 Å². The number of carbonyl (C=O) groups is 2. The number of methoxy groups -OCH3 is 1. The summed E-state index contributed by atoms with van der Waals surface area (Å²) in [5, 5.41) is 10.5. The van der Waals surface area contributed by atoms with Crippen LogP contribution in [0.4, 0.5) is 11.4 Å². The number of anilines is 2. The van der Waals surface area contributed by atoms with Gasteiger partial charge in [-0.1, -0.05) is 0 Å². The van der Waals surface area contributed by atoms with Gasteiger partial charge in [-0.3, -0.25) is 9.59 Å². The molecule has 1 atom stereocenters. The summed E-state index contributed by atoms with van der Waals surface area (Å²) in [6.07, 6.45) is 0. The zero-order chi connectivity index (χ0) is 21.4. The van der Waals surface area contributed by atoms with Crippen molar-refractivity contribution in [3.05, 3.63) is 48.5 Å². The van der Waals surface area contributed by atoms with Crippen LogP contribution in [0.2, 0.25) is 0 Å². The molecule has 10 heteroatoms. The molecular weight excluding hydrogens is 396 g/mol. The van der Waals surface area contributed by atoms with Gasteiger partial charge in [0.25, 0.3) is 11.8 Å². The lowest BCUT2D eigenvalue weighted by atomic mass is 10.3. The van der Waals surface area contributed by atoms with Gasteiger partial charge in [-0.2, -0.15) is 0 Å². The van der Waals surface area contributed by atoms with Gasteiger partial charge >= 0.3 is 0 Å². The molecule has 0 saturated heterocycles. The molecule has 0 radical (unpaired) electrons. The lowest BCUT2D eigenvalue weighted by Gasteiger charge is -2.17. The Kier molecular flexibility index (Phi) is 7.71. The zero-order valence-corrected chi connectivity index (χ0v) is 17.1. The highest BCUT2D eigenvalue weighted by atomic mass is 32.2. The Labute approximate surface area is 169 Å². The molecule has 2 aromatic rings. The number of amides is 2. The molecule has 0 saturated carbocycles. The number of sulfonamides is 1. The fourth-order valence-corrected chi connectivity index (χ4v) is 3.09. The minimum absolute atomic E-state index is 0.0356. The molecule has 0 bridgehead atoms. The smallest absolute Gasteiger partial charge is 0.279 e. The van der Waals surface area contributed by atoms with Gasteiger partial charge in [-0.15, -0.1) is 0 Å². The normalized spacial score (nSPS) is 12.1. The summed E-state index contributed by atoms with van der Waals surface area (Å²) in [4.78, 5) is 25.2. The van der Waals surface area contributed by atoms with Crippen LogP contribution in [0, 0.1) is 0 Å². The number of nitrogens with one attached hydrogen (secondary N) is 3. The molecule has 0 spiro atoms. The van der Waals surface area contributed by atoms with Crippen molar-refractivity contribution in [2.45, 2.75) is 11.8 Å². The maximum absolute atomic E-state index is 12.3. The number of carbonyl (C=O) groups excluding carboxylic acids is 2. The summed E-state index contributed by atoms with van der Waals surface area (Å²) < 4.78 is 27.6. The number of primary sulfonamides is 1. The molecule has 0 fully saturated rings. The third-order valence-corrected chi connectivity index (χ3v) is 5.09. The van der Waals surface area contributed by atoms with E-state index in [9.17, 15) is 18.0 Å². The Morgan fingerprint density at radius 2 is 1.38 bits per heavy atom. The van der Waals surface area contributed by atoms with E-state index in [1.807, 2.05) is 6.92 Å². The first-order valence-electron chi connectivity index (χ1n) is 8.91. The molecule has 2 rings (SSSR count). The van der Waals surface area contributed by atoms with E-state index in [1.165, 1.54) is 24.3 Å². The van der Waals surface area contributed by atoms with Crippen LogP contribution in [0.3, 0.4) is 0 Å². The molecular formula is C19H25N4O5S+. The molecule has 9 nitrogen and oxygen atoms in total. The summed E-state index contributed by atoms with van der Waals surface area (Å²) in [5.74, 6) is 0.192. The average Bonchev–Trinajstić information content (AvgIpc) is 2.67. The van der Waals surface area contributed by atoms with E-state index < -0.39 is 10.0 Å². The summed E-state index contributed by atoms with van der Waals surface area (Å²) in [6, 6.07) is 12.5. The fourth-order valence-electron chi connectivity index (χ4n) is 2.58. The van der Waals surface area contributed by atoms with E-state index >= 15 is 0 Å². The van der Waals surface area contributed by atoms with Crippen LogP contribution >= 0.6 is 0 Å². The first kappa shape index (κ1) is 22.3. The molecule has 0 aliphatic carbocycles. The number of ether oxygens (including phenoxy) is 1. The summed E-state index contributed by atoms with van der Waals surface area (Å²) in [6.45, 7) is 2.67. The summed E-state index contributed by atoms with van der Waals surface area (Å²) >= 11 is 0. The van der Waals surface area contributed by atoms with Crippen LogP contribution in [0.5, 0.6) is 5.75 Å². The molecule has 0 aliphatic heterocycles. The third-order valence-electron chi connectivity index (χ3n) is 4.16. The van der Waals surface area contributed by atoms with E-state index in [2.05, 4.69) is 10.6 Å². The maximum Gasteiger partial charge on any atom is 0.279 e. The topological polar surface area (TPSA) is 132 Å². The van der Waals surface area contributed by atoms with E-state index in [0.29, 0.717) is 23.7 Å². The van der Waals surface area contributed by atoms with E-state index in [1.54, 1.807) is 31.4 Å². The molecule has 29 heavy (non-hydrogen) atoms. The van der Waals surface area contributed by atoms with Gasteiger partial charge in [0.05, 0.1) is 18.6 Å². The van der Waals surface area contributed by atoms with Crippen molar-refractivity contribution >= 4 is 33.2 Å². The van der Waals surface area contributed by atoms with Gasteiger partial charge < -0.3 is 20.3 Å². The second-order valence-corrected chi connectivity index (χ2v) is 7.91. The van der Waals surface area contributed by atoms with Gasteiger partial charge in [-0.25, -0.2) is 13.6 Å². The Bertz CT molecular complexity index is 944. The van der Waals surface area contributed by atoms with Crippen molar-refractivity contribution in [2.24, 2.45) is 5.14 Å². The molecule has 0 heterocycles. The highest BCUT2D eigenvalue weighted by Gasteiger charge is 2.17. The second kappa shape index (κ2) is 10.0. The number of likely N-dealkylation sites (N-methyl/N-ethyl adjacent to an activating group) is 1. The Hall–Kier alpha value is -2.95. The van der Waals surface area contributed by atoms with Crippen molar-refractivity contribution in [3.63, 3.8) is 0 Å². The molecule has 0 aromatic heterocycles. The van der Waals surface area contributed by atoms with E-state index in [0.717, 1.165) is 4.90 Å². The molecule has 2 aromatic carbocycles. The Balaban J connectivity index is 1.87. The van der Waals surface area contributed by atoms with Crippen LogP contribution in [-0.2, 0) is 19.6 Å². The highest BCUT2D eigenvalue weighted by Crippen LogP contribution is 2.14. The minimum atomic E-state index is -3.78. The van der Waals surface area contributed by atoms with E-state index in [4.69, 9.17) is 9.88 Å². The number of hydrogen-bond acceptors (Lipinski definition) is 5. The van der Waals surface area contributed by atoms with Crippen LogP contribution < -0.4 is 25.4 Å². The zero-order valence-electron chi connectivity index (χ0n) is 16.3. The summed E-state index contributed by atoms with van der Waals surface area (Å²) in [7, 11) is -2.22. The number of rotatable bonds is 9. The predicted octanol–water partition coefficient (Wildman–Crippen LogP) is -0.175. The van der Waals surface area contributed by atoms with Crippen LogP contribution in [0.25, 0.3) is 0 Å². The molecule has 0 aliphatic rings. The average molecular weight is 421 g/mol. The quantitative estimate of drug-likeness (QED) is 0.446. The summed E-state index contributed by atoms with van der Waals surface area (Å²) in [5.41, 5.74) is 1.09. The predicted molar refractivity (Wildman–Crippen MR) is 109 cm³/mol. The van der Waals surface area contributed by atoms with E-state index in [-0.39, 0.29) is 29.8 Å². The lowest BCUT2D eigenvalue weighted by Crippen LogP contribution is -3.13. The monoisotopic (exact) mass is 421 g/mol.